The van der Waals surface area contributed by atoms with Crippen molar-refractivity contribution in [1.82, 2.24) is 20.6 Å². The highest BCUT2D eigenvalue weighted by Crippen LogP contribution is 2.35. The fourth-order valence-electron chi connectivity index (χ4n) is 4.03. The van der Waals surface area contributed by atoms with Gasteiger partial charge in [0, 0.05) is 0 Å². The zero-order valence-corrected chi connectivity index (χ0v) is 27.1. The molecule has 2 aliphatic rings. The van der Waals surface area contributed by atoms with Gasteiger partial charge in [0.15, 0.2) is 25.5 Å². The number of halogens is 3. The number of anilines is 2. The number of nitrogens with one attached hydrogen (secondary N) is 1. The minimum atomic E-state index is -3.28. The number of nitrogens with zero attached hydrogens (tertiary/aromatic N) is 4. The first-order chi connectivity index (χ1) is 20.1. The van der Waals surface area contributed by atoms with E-state index in [1.807, 2.05) is 0 Å². The number of sulfone groups is 2. The molecule has 44 heavy (non-hydrogen) atoms. The largest absolute Gasteiger partial charge is 0.379 e. The second-order valence-electron chi connectivity index (χ2n) is 9.11. The van der Waals surface area contributed by atoms with Crippen molar-refractivity contribution >= 4 is 77.3 Å². The van der Waals surface area contributed by atoms with Crippen molar-refractivity contribution in [2.24, 2.45) is 0 Å². The molecule has 2 aromatic heterocycles. The Kier molecular flexibility index (Phi) is 10.8. The number of aryl methyl sites for hydroxylation is 2. The van der Waals surface area contributed by atoms with Gasteiger partial charge in [-0.25, -0.2) is 26.1 Å². The van der Waals surface area contributed by atoms with Crippen molar-refractivity contribution < 1.29 is 35.7 Å². The molecular formula is C25H24Cl3N6O8S2-. The second-order valence-corrected chi connectivity index (χ2v) is 14.4. The van der Waals surface area contributed by atoms with Gasteiger partial charge in [-0.3, -0.25) is 9.59 Å². The minimum Gasteiger partial charge on any atom is -0.379 e. The monoisotopic (exact) mass is 705 g/mol. The van der Waals surface area contributed by atoms with Crippen molar-refractivity contribution in [1.29, 1.82) is 0 Å². The van der Waals surface area contributed by atoms with E-state index in [9.17, 15) is 26.4 Å². The van der Waals surface area contributed by atoms with Crippen LogP contribution in [-0.4, -0.2) is 60.1 Å². The number of hydrogen-bond acceptors (Lipinski definition) is 13. The van der Waals surface area contributed by atoms with Crippen LogP contribution in [0.1, 0.15) is 43.2 Å². The third kappa shape index (κ3) is 7.21. The van der Waals surface area contributed by atoms with Crippen LogP contribution in [0, 0.1) is 21.3 Å². The predicted octanol–water partition coefficient (Wildman–Crippen LogP) is 4.07. The van der Waals surface area contributed by atoms with E-state index in [0.717, 1.165) is 0 Å². The molecule has 0 bridgehead atoms. The summed E-state index contributed by atoms with van der Waals surface area (Å²) in [6, 6.07) is 5.53. The van der Waals surface area contributed by atoms with E-state index in [4.69, 9.17) is 40.5 Å². The molecular weight excluding hydrogens is 683 g/mol. The fourth-order valence-corrected chi connectivity index (χ4v) is 8.14. The number of rotatable bonds is 3. The van der Waals surface area contributed by atoms with E-state index >= 15 is 0 Å². The Balaban J connectivity index is 0.000000200. The summed E-state index contributed by atoms with van der Waals surface area (Å²) in [7, 11) is -6.49. The van der Waals surface area contributed by atoms with Crippen LogP contribution in [0.15, 0.2) is 43.3 Å². The molecule has 4 heterocycles. The summed E-state index contributed by atoms with van der Waals surface area (Å²) in [5.74, 6) is 0.122. The van der Waals surface area contributed by atoms with Gasteiger partial charge >= 0.3 is 0 Å². The number of amides is 1. The lowest BCUT2D eigenvalue weighted by Gasteiger charge is -2.08. The van der Waals surface area contributed by atoms with Crippen LogP contribution in [0.3, 0.4) is 0 Å². The molecule has 2 aromatic carbocycles. The first kappa shape index (κ1) is 34.9. The molecule has 0 saturated carbocycles. The molecule has 14 nitrogen and oxygen atoms in total. The van der Waals surface area contributed by atoms with E-state index in [1.165, 1.54) is 24.3 Å². The van der Waals surface area contributed by atoms with Crippen molar-refractivity contribution in [3.05, 3.63) is 75.4 Å². The van der Waals surface area contributed by atoms with E-state index < -0.39 is 30.8 Å². The standard InChI is InChI=1S/C12H10ClN3O4S.C9H6Cl2O3S.C3H5N3O.CH3/c1-6-11(16-20-15-6)14-12(17)8-2-3-9-7(10(8)13)4-5-21(9,18)19;10-8-5-3-4-15(13,14)7(5)2-1-6(8)9(11)12;1-2-3(4)6-7-5-2;/h2-3H,4-5H2,1H3,(H,14,16,17);1-2H,3-4H2;1H3,(H2,4,6);1H3/q;;;-1. The maximum atomic E-state index is 12.2. The third-order valence-electron chi connectivity index (χ3n) is 6.34. The SMILES string of the molecule is Cc1nonc1N.Cc1nonc1NC(=O)c1ccc2c(c1Cl)CCS2(=O)=O.O=C(Cl)c1ccc2c(c1Cl)CCS2(=O)=O.[CH3-]. The smallest absolute Gasteiger partial charge is 0.258 e. The molecule has 0 aliphatic carbocycles. The fraction of sp³-hybridized carbons (Fsp3) is 0.240. The summed E-state index contributed by atoms with van der Waals surface area (Å²) in [6.45, 7) is 3.36. The molecule has 1 amide bonds. The van der Waals surface area contributed by atoms with Crippen molar-refractivity contribution in [3.8, 4) is 0 Å². The summed E-state index contributed by atoms with van der Waals surface area (Å²) < 4.78 is 55.3. The van der Waals surface area contributed by atoms with E-state index in [2.05, 4.69) is 35.2 Å². The van der Waals surface area contributed by atoms with Crippen molar-refractivity contribution in [3.63, 3.8) is 0 Å². The number of aromatic nitrogens is 4. The number of carbonyl (C=O) groups excluding carboxylic acids is 2. The predicted molar refractivity (Wildman–Crippen MR) is 161 cm³/mol. The van der Waals surface area contributed by atoms with Crippen LogP contribution < -0.4 is 11.1 Å². The molecule has 0 saturated heterocycles. The lowest BCUT2D eigenvalue weighted by atomic mass is 10.1. The van der Waals surface area contributed by atoms with E-state index in [0.29, 0.717) is 41.2 Å². The first-order valence-corrected chi connectivity index (χ1v) is 16.5. The summed E-state index contributed by atoms with van der Waals surface area (Å²) in [5.41, 5.74) is 7.58. The van der Waals surface area contributed by atoms with Gasteiger partial charge in [0.25, 0.3) is 11.1 Å². The van der Waals surface area contributed by atoms with Crippen molar-refractivity contribution in [2.45, 2.75) is 36.5 Å². The normalized spacial score (nSPS) is 14.9. The summed E-state index contributed by atoms with van der Waals surface area (Å²) >= 11 is 17.4. The van der Waals surface area contributed by atoms with Gasteiger partial charge in [-0.2, -0.15) is 0 Å². The van der Waals surface area contributed by atoms with Crippen LogP contribution >= 0.6 is 34.8 Å². The highest BCUT2D eigenvalue weighted by molar-refractivity contribution is 7.92. The van der Waals surface area contributed by atoms with Crippen molar-refractivity contribution in [2.75, 3.05) is 22.6 Å². The van der Waals surface area contributed by atoms with Gasteiger partial charge in [0.05, 0.1) is 42.5 Å². The van der Waals surface area contributed by atoms with Crippen LogP contribution in [0.4, 0.5) is 11.6 Å². The average molecular weight is 707 g/mol. The molecule has 2 aliphatic heterocycles. The molecule has 0 atom stereocenters. The average Bonchev–Trinajstić information content (AvgIpc) is 3.68. The molecule has 0 spiro atoms. The lowest BCUT2D eigenvalue weighted by molar-refractivity contribution is 0.102. The molecule has 0 radical (unpaired) electrons. The zero-order valence-electron chi connectivity index (χ0n) is 23.2. The third-order valence-corrected chi connectivity index (χ3v) is 11.0. The van der Waals surface area contributed by atoms with Gasteiger partial charge < -0.3 is 18.5 Å². The molecule has 19 heteroatoms. The van der Waals surface area contributed by atoms with E-state index in [1.54, 1.807) is 13.8 Å². The van der Waals surface area contributed by atoms with E-state index in [-0.39, 0.29) is 55.7 Å². The number of nitrogens with two attached hydrogens (primary N) is 1. The Morgan fingerprint density at radius 1 is 0.795 bits per heavy atom. The zero-order chi connectivity index (χ0) is 31.7. The van der Waals surface area contributed by atoms with Gasteiger partial charge in [-0.05, 0) is 84.0 Å². The second kappa shape index (κ2) is 13.6. The van der Waals surface area contributed by atoms with Gasteiger partial charge in [0.2, 0.25) is 5.82 Å². The Morgan fingerprint density at radius 3 is 1.68 bits per heavy atom. The number of fused-ring (bicyclic) bond motifs is 2. The van der Waals surface area contributed by atoms with Crippen LogP contribution in [0.25, 0.3) is 0 Å². The van der Waals surface area contributed by atoms with Crippen LogP contribution in [-0.2, 0) is 32.5 Å². The lowest BCUT2D eigenvalue weighted by Crippen LogP contribution is -2.14. The topological polar surface area (TPSA) is 218 Å². The number of benzene rings is 2. The summed E-state index contributed by atoms with van der Waals surface area (Å²) in [4.78, 5) is 23.6. The summed E-state index contributed by atoms with van der Waals surface area (Å²) in [5, 5.41) is 16.0. The Morgan fingerprint density at radius 2 is 1.27 bits per heavy atom. The number of carbonyl (C=O) groups is 2. The quantitative estimate of drug-likeness (QED) is 0.227. The molecule has 0 fully saturated rings. The Hall–Kier alpha value is -3.57. The van der Waals surface area contributed by atoms with Gasteiger partial charge in [-0.1, -0.05) is 33.5 Å². The summed E-state index contributed by atoms with van der Waals surface area (Å²) in [6.07, 6.45) is 0.649. The van der Waals surface area contributed by atoms with Crippen LogP contribution in [0.2, 0.25) is 10.0 Å². The molecule has 3 N–H and O–H groups in total. The number of hydrogen-bond donors (Lipinski definition) is 2. The number of nitrogen functional groups attached to an aromatic ring is 1. The van der Waals surface area contributed by atoms with Gasteiger partial charge in [0.1, 0.15) is 11.4 Å². The first-order valence-electron chi connectivity index (χ1n) is 12.1. The minimum absolute atomic E-state index is 0. The molecule has 0 unspecified atom stereocenters. The Bertz CT molecular complexity index is 1940. The van der Waals surface area contributed by atoms with Crippen LogP contribution in [0.5, 0.6) is 0 Å². The highest BCUT2D eigenvalue weighted by atomic mass is 35.5. The molecule has 6 rings (SSSR count). The Labute approximate surface area is 267 Å². The van der Waals surface area contributed by atoms with Gasteiger partial charge in [-0.15, -0.1) is 0 Å². The maximum Gasteiger partial charge on any atom is 0.258 e. The molecule has 4 aromatic rings. The molecule has 236 valence electrons. The maximum absolute atomic E-state index is 12.2. The highest BCUT2D eigenvalue weighted by Gasteiger charge is 2.31.